The van der Waals surface area contributed by atoms with Gasteiger partial charge in [-0.15, -0.1) is 0 Å². The van der Waals surface area contributed by atoms with Crippen molar-refractivity contribution in [2.45, 2.75) is 44.6 Å². The molecular weight excluding hydrogens is 148 g/mol. The molecule has 0 spiro atoms. The number of hydrogen-bond acceptors (Lipinski definition) is 1. The Labute approximate surface area is 74.5 Å². The molecule has 0 saturated heterocycles. The van der Waals surface area contributed by atoms with Gasteiger partial charge in [-0.05, 0) is 25.2 Å². The molecule has 0 amide bonds. The van der Waals surface area contributed by atoms with Crippen LogP contribution in [0.15, 0.2) is 12.2 Å². The molecule has 2 rings (SSSR count). The van der Waals surface area contributed by atoms with Crippen molar-refractivity contribution >= 4 is 0 Å². The molecule has 0 unspecified atom stereocenters. The minimum absolute atomic E-state index is 0.0619. The maximum absolute atomic E-state index is 9.68. The lowest BCUT2D eigenvalue weighted by molar-refractivity contribution is 0.0976. The van der Waals surface area contributed by atoms with E-state index in [0.29, 0.717) is 5.92 Å². The largest absolute Gasteiger partial charge is 0.392 e. The first kappa shape index (κ1) is 8.31. The van der Waals surface area contributed by atoms with Gasteiger partial charge in [-0.3, -0.25) is 0 Å². The SMILES string of the molecule is O[C@H]1CC=C[C@H]1C1CCCCC1. The van der Waals surface area contributed by atoms with Crippen LogP contribution in [0.5, 0.6) is 0 Å². The zero-order valence-corrected chi connectivity index (χ0v) is 7.58. The minimum Gasteiger partial charge on any atom is -0.392 e. The zero-order chi connectivity index (χ0) is 8.39. The smallest absolute Gasteiger partial charge is 0.0639 e. The monoisotopic (exact) mass is 166 g/mol. The van der Waals surface area contributed by atoms with Crippen LogP contribution in [0.3, 0.4) is 0 Å². The van der Waals surface area contributed by atoms with Crippen molar-refractivity contribution in [1.82, 2.24) is 0 Å². The van der Waals surface area contributed by atoms with Crippen LogP contribution in [-0.2, 0) is 0 Å². The van der Waals surface area contributed by atoms with Gasteiger partial charge in [0.2, 0.25) is 0 Å². The van der Waals surface area contributed by atoms with Crippen LogP contribution in [0.25, 0.3) is 0 Å². The second-order valence-corrected chi connectivity index (χ2v) is 4.21. The van der Waals surface area contributed by atoms with Crippen LogP contribution in [-0.4, -0.2) is 11.2 Å². The summed E-state index contributed by atoms with van der Waals surface area (Å²) in [5.41, 5.74) is 0. The van der Waals surface area contributed by atoms with Gasteiger partial charge in [0.1, 0.15) is 0 Å². The first-order valence-corrected chi connectivity index (χ1v) is 5.22. The Morgan fingerprint density at radius 2 is 1.83 bits per heavy atom. The van der Waals surface area contributed by atoms with Gasteiger partial charge in [0.15, 0.2) is 0 Å². The van der Waals surface area contributed by atoms with Crippen molar-refractivity contribution in [3.8, 4) is 0 Å². The van der Waals surface area contributed by atoms with Crippen LogP contribution < -0.4 is 0 Å². The lowest BCUT2D eigenvalue weighted by atomic mass is 9.79. The molecule has 12 heavy (non-hydrogen) atoms. The molecule has 1 N–H and O–H groups in total. The summed E-state index contributed by atoms with van der Waals surface area (Å²) in [5.74, 6) is 1.28. The van der Waals surface area contributed by atoms with Gasteiger partial charge in [0.25, 0.3) is 0 Å². The summed E-state index contributed by atoms with van der Waals surface area (Å²) in [6, 6.07) is 0. The average Bonchev–Trinajstić information content (AvgIpc) is 2.53. The van der Waals surface area contributed by atoms with Crippen LogP contribution in [0, 0.1) is 11.8 Å². The fourth-order valence-corrected chi connectivity index (χ4v) is 2.65. The summed E-state index contributed by atoms with van der Waals surface area (Å²) in [7, 11) is 0. The van der Waals surface area contributed by atoms with Crippen molar-refractivity contribution in [3.63, 3.8) is 0 Å². The lowest BCUT2D eigenvalue weighted by Gasteiger charge is -2.28. The zero-order valence-electron chi connectivity index (χ0n) is 7.58. The third-order valence-electron chi connectivity index (χ3n) is 3.37. The number of aliphatic hydroxyl groups excluding tert-OH is 1. The highest BCUT2D eigenvalue weighted by atomic mass is 16.3. The van der Waals surface area contributed by atoms with Gasteiger partial charge in [0, 0.05) is 5.92 Å². The van der Waals surface area contributed by atoms with Crippen molar-refractivity contribution < 1.29 is 5.11 Å². The van der Waals surface area contributed by atoms with Gasteiger partial charge in [-0.2, -0.15) is 0 Å². The molecule has 1 saturated carbocycles. The van der Waals surface area contributed by atoms with Gasteiger partial charge >= 0.3 is 0 Å². The van der Waals surface area contributed by atoms with Crippen LogP contribution in [0.4, 0.5) is 0 Å². The minimum atomic E-state index is -0.0619. The van der Waals surface area contributed by atoms with Crippen molar-refractivity contribution in [3.05, 3.63) is 12.2 Å². The van der Waals surface area contributed by atoms with Gasteiger partial charge in [0.05, 0.1) is 6.10 Å². The Kier molecular flexibility index (Phi) is 2.50. The predicted octanol–water partition coefficient (Wildman–Crippen LogP) is 2.50. The van der Waals surface area contributed by atoms with E-state index in [1.165, 1.54) is 32.1 Å². The number of rotatable bonds is 1. The summed E-state index contributed by atoms with van der Waals surface area (Å²) in [4.78, 5) is 0. The summed E-state index contributed by atoms with van der Waals surface area (Å²) < 4.78 is 0. The third kappa shape index (κ3) is 1.56. The molecule has 68 valence electrons. The van der Waals surface area contributed by atoms with E-state index in [1.54, 1.807) is 0 Å². The highest BCUT2D eigenvalue weighted by Crippen LogP contribution is 2.35. The molecule has 1 nitrogen and oxygen atoms in total. The molecule has 0 radical (unpaired) electrons. The summed E-state index contributed by atoms with van der Waals surface area (Å²) >= 11 is 0. The van der Waals surface area contributed by atoms with Crippen LogP contribution in [0.2, 0.25) is 0 Å². The van der Waals surface area contributed by atoms with Crippen molar-refractivity contribution in [2.75, 3.05) is 0 Å². The molecule has 0 bridgehead atoms. The molecule has 0 aromatic carbocycles. The van der Waals surface area contributed by atoms with E-state index in [9.17, 15) is 5.11 Å². The van der Waals surface area contributed by atoms with E-state index in [0.717, 1.165) is 12.3 Å². The van der Waals surface area contributed by atoms with Gasteiger partial charge in [-0.1, -0.05) is 31.4 Å². The Morgan fingerprint density at radius 1 is 1.08 bits per heavy atom. The quantitative estimate of drug-likeness (QED) is 0.593. The standard InChI is InChI=1S/C11H18O/c12-11-8-4-7-10(11)9-5-2-1-3-6-9/h4,7,9-12H,1-3,5-6,8H2/t10-,11-/m0/s1. The highest BCUT2D eigenvalue weighted by Gasteiger charge is 2.29. The predicted molar refractivity (Wildman–Crippen MR) is 49.8 cm³/mol. The Bertz CT molecular complexity index is 168. The van der Waals surface area contributed by atoms with Crippen LogP contribution >= 0.6 is 0 Å². The fourth-order valence-electron chi connectivity index (χ4n) is 2.65. The molecule has 0 aromatic heterocycles. The number of hydrogen-bond donors (Lipinski definition) is 1. The first-order chi connectivity index (χ1) is 5.88. The van der Waals surface area contributed by atoms with E-state index in [1.807, 2.05) is 0 Å². The highest BCUT2D eigenvalue weighted by molar-refractivity contribution is 5.04. The molecule has 2 aliphatic carbocycles. The Hall–Kier alpha value is -0.300. The van der Waals surface area contributed by atoms with E-state index in [-0.39, 0.29) is 6.10 Å². The third-order valence-corrected chi connectivity index (χ3v) is 3.37. The van der Waals surface area contributed by atoms with E-state index < -0.39 is 0 Å². The average molecular weight is 166 g/mol. The molecular formula is C11H18O. The number of aliphatic hydroxyl groups is 1. The normalized spacial score (nSPS) is 37.4. The maximum atomic E-state index is 9.68. The van der Waals surface area contributed by atoms with Crippen molar-refractivity contribution in [1.29, 1.82) is 0 Å². The Morgan fingerprint density at radius 3 is 2.42 bits per heavy atom. The molecule has 1 fully saturated rings. The van der Waals surface area contributed by atoms with Gasteiger partial charge < -0.3 is 5.11 Å². The van der Waals surface area contributed by atoms with E-state index in [2.05, 4.69) is 12.2 Å². The van der Waals surface area contributed by atoms with Crippen molar-refractivity contribution in [2.24, 2.45) is 11.8 Å². The molecule has 2 aliphatic rings. The van der Waals surface area contributed by atoms with E-state index >= 15 is 0 Å². The molecule has 0 aliphatic heterocycles. The lowest BCUT2D eigenvalue weighted by Crippen LogP contribution is -2.24. The fraction of sp³-hybridized carbons (Fsp3) is 0.818. The second-order valence-electron chi connectivity index (χ2n) is 4.21. The van der Waals surface area contributed by atoms with Gasteiger partial charge in [-0.25, -0.2) is 0 Å². The maximum Gasteiger partial charge on any atom is 0.0639 e. The summed E-state index contributed by atoms with van der Waals surface area (Å²) in [6.07, 6.45) is 12.0. The molecule has 2 atom stereocenters. The topological polar surface area (TPSA) is 20.2 Å². The summed E-state index contributed by atoms with van der Waals surface area (Å²) in [5, 5.41) is 9.68. The van der Waals surface area contributed by atoms with E-state index in [4.69, 9.17) is 0 Å². The first-order valence-electron chi connectivity index (χ1n) is 5.22. The molecule has 1 heteroatoms. The summed E-state index contributed by atoms with van der Waals surface area (Å²) in [6.45, 7) is 0. The van der Waals surface area contributed by atoms with Crippen LogP contribution in [0.1, 0.15) is 38.5 Å². The second kappa shape index (κ2) is 3.61. The Balaban J connectivity index is 1.93. The molecule has 0 heterocycles. The molecule has 0 aromatic rings.